The monoisotopic (exact) mass is 361 g/mol. The topological polar surface area (TPSA) is 80.2 Å². The number of nitrogens with one attached hydrogen (secondary N) is 2. The number of amides is 2. The maximum Gasteiger partial charge on any atom is 0.257 e. The van der Waals surface area contributed by atoms with E-state index in [1.165, 1.54) is 23.6 Å². The molecule has 0 radical (unpaired) electrons. The third kappa shape index (κ3) is 4.92. The van der Waals surface area contributed by atoms with E-state index in [1.807, 2.05) is 30.3 Å². The van der Waals surface area contributed by atoms with Crippen molar-refractivity contribution >= 4 is 23.2 Å². The fraction of sp³-hybridized carbons (Fsp3) is 0.0952. The van der Waals surface area contributed by atoms with E-state index in [4.69, 9.17) is 0 Å². The molecule has 1 aromatic heterocycles. The molecule has 0 fully saturated rings. The lowest BCUT2D eigenvalue weighted by atomic mass is 10.2. The van der Waals surface area contributed by atoms with Gasteiger partial charge in [0.1, 0.15) is 0 Å². The molecule has 0 spiro atoms. The first-order valence-corrected chi connectivity index (χ1v) is 8.45. The van der Waals surface area contributed by atoms with Gasteiger partial charge in [0.15, 0.2) is 0 Å². The molecule has 0 saturated heterocycles. The van der Waals surface area contributed by atoms with Gasteiger partial charge in [0.2, 0.25) is 5.91 Å². The average molecular weight is 361 g/mol. The summed E-state index contributed by atoms with van der Waals surface area (Å²) < 4.78 is 1.50. The standard InChI is InChI=1S/C21H19N3O3/c1-15(25)22-18-8-10-19(11-9-18)23-21(27)17-7-12-20(26)24(14-17)13-16-5-3-2-4-6-16/h2-12,14H,13H2,1H3,(H,22,25)(H,23,27). The van der Waals surface area contributed by atoms with Crippen molar-refractivity contribution in [2.24, 2.45) is 0 Å². The highest BCUT2D eigenvalue weighted by Crippen LogP contribution is 2.14. The van der Waals surface area contributed by atoms with Crippen molar-refractivity contribution in [3.8, 4) is 0 Å². The van der Waals surface area contributed by atoms with Gasteiger partial charge in [-0.15, -0.1) is 0 Å². The van der Waals surface area contributed by atoms with Crippen LogP contribution in [-0.2, 0) is 11.3 Å². The van der Waals surface area contributed by atoms with Crippen LogP contribution >= 0.6 is 0 Å². The Bertz CT molecular complexity index is 1010. The average Bonchev–Trinajstić information content (AvgIpc) is 2.65. The van der Waals surface area contributed by atoms with E-state index in [9.17, 15) is 14.4 Å². The second-order valence-electron chi connectivity index (χ2n) is 6.08. The molecule has 0 aliphatic heterocycles. The molecule has 0 saturated carbocycles. The predicted molar refractivity (Wildman–Crippen MR) is 105 cm³/mol. The van der Waals surface area contributed by atoms with Gasteiger partial charge in [-0.2, -0.15) is 0 Å². The van der Waals surface area contributed by atoms with Crippen LogP contribution in [0.3, 0.4) is 0 Å². The van der Waals surface area contributed by atoms with Crippen LogP contribution in [0.5, 0.6) is 0 Å². The first-order valence-electron chi connectivity index (χ1n) is 8.45. The Kier molecular flexibility index (Phi) is 5.47. The molecule has 3 rings (SSSR count). The SMILES string of the molecule is CC(=O)Nc1ccc(NC(=O)c2ccc(=O)n(Cc3ccccc3)c2)cc1. The van der Waals surface area contributed by atoms with E-state index in [1.54, 1.807) is 30.5 Å². The van der Waals surface area contributed by atoms with Crippen LogP contribution in [0.25, 0.3) is 0 Å². The Morgan fingerprint density at radius 3 is 2.11 bits per heavy atom. The highest BCUT2D eigenvalue weighted by atomic mass is 16.2. The normalized spacial score (nSPS) is 10.3. The molecule has 2 aromatic carbocycles. The van der Waals surface area contributed by atoms with Gasteiger partial charge in [-0.3, -0.25) is 14.4 Å². The van der Waals surface area contributed by atoms with Crippen LogP contribution in [0.1, 0.15) is 22.8 Å². The van der Waals surface area contributed by atoms with Crippen LogP contribution in [0, 0.1) is 0 Å². The number of carbonyl (C=O) groups excluding carboxylic acids is 2. The largest absolute Gasteiger partial charge is 0.326 e. The van der Waals surface area contributed by atoms with Gasteiger partial charge in [0, 0.05) is 30.6 Å². The van der Waals surface area contributed by atoms with E-state index in [2.05, 4.69) is 10.6 Å². The molecular formula is C21H19N3O3. The highest BCUT2D eigenvalue weighted by Gasteiger charge is 2.09. The molecule has 6 heteroatoms. The first kappa shape index (κ1) is 18.1. The number of rotatable bonds is 5. The fourth-order valence-electron chi connectivity index (χ4n) is 2.61. The Morgan fingerprint density at radius 1 is 0.852 bits per heavy atom. The van der Waals surface area contributed by atoms with Crippen LogP contribution < -0.4 is 16.2 Å². The number of nitrogens with zero attached hydrogens (tertiary/aromatic N) is 1. The number of aromatic nitrogens is 1. The smallest absolute Gasteiger partial charge is 0.257 e. The van der Waals surface area contributed by atoms with E-state index in [0.717, 1.165) is 5.56 Å². The summed E-state index contributed by atoms with van der Waals surface area (Å²) in [6.45, 7) is 1.83. The predicted octanol–water partition coefficient (Wildman–Crippen LogP) is 3.11. The number of pyridine rings is 1. The number of benzene rings is 2. The molecule has 27 heavy (non-hydrogen) atoms. The Hall–Kier alpha value is -3.67. The van der Waals surface area contributed by atoms with Crippen LogP contribution in [0.15, 0.2) is 77.7 Å². The molecule has 2 amide bonds. The molecule has 2 N–H and O–H groups in total. The minimum atomic E-state index is -0.316. The lowest BCUT2D eigenvalue weighted by Crippen LogP contribution is -2.22. The minimum absolute atomic E-state index is 0.160. The molecular weight excluding hydrogens is 342 g/mol. The summed E-state index contributed by atoms with van der Waals surface area (Å²) in [7, 11) is 0. The number of hydrogen-bond acceptors (Lipinski definition) is 3. The second kappa shape index (κ2) is 8.14. The zero-order valence-corrected chi connectivity index (χ0v) is 14.8. The van der Waals surface area contributed by atoms with Crippen molar-refractivity contribution in [1.82, 2.24) is 4.57 Å². The quantitative estimate of drug-likeness (QED) is 0.733. The van der Waals surface area contributed by atoms with Gasteiger partial charge in [-0.05, 0) is 35.9 Å². The number of carbonyl (C=O) groups is 2. The van der Waals surface area contributed by atoms with E-state index >= 15 is 0 Å². The third-order valence-electron chi connectivity index (χ3n) is 3.90. The minimum Gasteiger partial charge on any atom is -0.326 e. The molecule has 0 aliphatic rings. The maximum atomic E-state index is 12.5. The molecule has 136 valence electrons. The molecule has 0 unspecified atom stereocenters. The summed E-state index contributed by atoms with van der Waals surface area (Å²) in [6.07, 6.45) is 1.55. The van der Waals surface area contributed by atoms with Crippen molar-refractivity contribution in [2.45, 2.75) is 13.5 Å². The van der Waals surface area contributed by atoms with Gasteiger partial charge in [0.25, 0.3) is 11.5 Å². The van der Waals surface area contributed by atoms with Gasteiger partial charge in [-0.25, -0.2) is 0 Å². The second-order valence-corrected chi connectivity index (χ2v) is 6.08. The molecule has 0 aliphatic carbocycles. The lowest BCUT2D eigenvalue weighted by Gasteiger charge is -2.10. The van der Waals surface area contributed by atoms with Gasteiger partial charge in [-0.1, -0.05) is 30.3 Å². The van der Waals surface area contributed by atoms with Crippen molar-refractivity contribution in [1.29, 1.82) is 0 Å². The summed E-state index contributed by atoms with van der Waals surface area (Å²) in [5.41, 5.74) is 2.43. The highest BCUT2D eigenvalue weighted by molar-refractivity contribution is 6.04. The van der Waals surface area contributed by atoms with E-state index in [-0.39, 0.29) is 17.4 Å². The molecule has 0 atom stereocenters. The number of anilines is 2. The Morgan fingerprint density at radius 2 is 1.48 bits per heavy atom. The van der Waals surface area contributed by atoms with Crippen LogP contribution in [0.2, 0.25) is 0 Å². The van der Waals surface area contributed by atoms with Crippen LogP contribution in [-0.4, -0.2) is 16.4 Å². The fourth-order valence-corrected chi connectivity index (χ4v) is 2.61. The Balaban J connectivity index is 1.74. The van der Waals surface area contributed by atoms with Crippen molar-refractivity contribution in [3.63, 3.8) is 0 Å². The van der Waals surface area contributed by atoms with Gasteiger partial charge < -0.3 is 15.2 Å². The zero-order valence-electron chi connectivity index (χ0n) is 14.8. The van der Waals surface area contributed by atoms with E-state index < -0.39 is 0 Å². The molecule has 1 heterocycles. The van der Waals surface area contributed by atoms with Gasteiger partial charge in [0.05, 0.1) is 12.1 Å². The van der Waals surface area contributed by atoms with Crippen molar-refractivity contribution in [3.05, 3.63) is 94.4 Å². The molecule has 3 aromatic rings. The van der Waals surface area contributed by atoms with Crippen LogP contribution in [0.4, 0.5) is 11.4 Å². The maximum absolute atomic E-state index is 12.5. The van der Waals surface area contributed by atoms with Crippen molar-refractivity contribution < 1.29 is 9.59 Å². The number of hydrogen-bond donors (Lipinski definition) is 2. The van der Waals surface area contributed by atoms with Crippen molar-refractivity contribution in [2.75, 3.05) is 10.6 Å². The molecule has 0 bridgehead atoms. The summed E-state index contributed by atoms with van der Waals surface area (Å²) >= 11 is 0. The van der Waals surface area contributed by atoms with E-state index in [0.29, 0.717) is 23.5 Å². The summed E-state index contributed by atoms with van der Waals surface area (Å²) in [5, 5.41) is 5.45. The summed E-state index contributed by atoms with van der Waals surface area (Å²) in [6, 6.07) is 19.3. The summed E-state index contributed by atoms with van der Waals surface area (Å²) in [4.78, 5) is 35.6. The summed E-state index contributed by atoms with van der Waals surface area (Å²) in [5.74, 6) is -0.475. The lowest BCUT2D eigenvalue weighted by molar-refractivity contribution is -0.114. The van der Waals surface area contributed by atoms with Gasteiger partial charge >= 0.3 is 0 Å². The molecule has 6 nitrogen and oxygen atoms in total. The zero-order chi connectivity index (χ0) is 19.2. The third-order valence-corrected chi connectivity index (χ3v) is 3.90. The first-order chi connectivity index (χ1) is 13.0. The Labute approximate surface area is 156 Å².